The van der Waals surface area contributed by atoms with Crippen LogP contribution in [0, 0.1) is 17.8 Å². The minimum absolute atomic E-state index is 0.241. The van der Waals surface area contributed by atoms with Crippen LogP contribution < -0.4 is 4.74 Å². The first kappa shape index (κ1) is 29.2. The molecule has 0 bridgehead atoms. The van der Waals surface area contributed by atoms with E-state index < -0.39 is 0 Å². The Labute approximate surface area is 287 Å². The second-order valence-corrected chi connectivity index (χ2v) is 15.9. The molecule has 8 atom stereocenters. The lowest BCUT2D eigenvalue weighted by Gasteiger charge is -2.38. The number of para-hydroxylation sites is 1. The molecule has 2 heteroatoms. The van der Waals surface area contributed by atoms with Gasteiger partial charge in [-0.2, -0.15) is 0 Å². The Morgan fingerprint density at radius 1 is 0.812 bits per heavy atom. The minimum Gasteiger partial charge on any atom is -0.489 e. The van der Waals surface area contributed by atoms with Crippen molar-refractivity contribution in [3.63, 3.8) is 0 Å². The van der Waals surface area contributed by atoms with Crippen LogP contribution in [-0.4, -0.2) is 17.0 Å². The van der Waals surface area contributed by atoms with E-state index in [0.29, 0.717) is 41.5 Å². The number of allylic oxidation sites excluding steroid dienone is 10. The van der Waals surface area contributed by atoms with Crippen molar-refractivity contribution in [2.75, 3.05) is 0 Å². The monoisotopic (exact) mass is 631 g/mol. The number of hydrogen-bond donors (Lipinski definition) is 0. The van der Waals surface area contributed by atoms with E-state index in [9.17, 15) is 0 Å². The molecule has 48 heavy (non-hydrogen) atoms. The number of nitrogens with zero attached hydrogens (tertiary/aromatic N) is 1. The highest BCUT2D eigenvalue weighted by Gasteiger charge is 2.46. The fourth-order valence-electron chi connectivity index (χ4n) is 11.2. The Morgan fingerprint density at radius 2 is 1.73 bits per heavy atom. The topological polar surface area (TPSA) is 12.5 Å². The van der Waals surface area contributed by atoms with Crippen LogP contribution in [0.25, 0.3) is 5.57 Å². The first-order chi connectivity index (χ1) is 23.7. The van der Waals surface area contributed by atoms with E-state index >= 15 is 0 Å². The summed E-state index contributed by atoms with van der Waals surface area (Å²) in [6.45, 7) is 2.54. The molecule has 8 unspecified atom stereocenters. The third-order valence-corrected chi connectivity index (χ3v) is 13.6. The molecule has 2 aromatic carbocycles. The number of ether oxygens (including phenoxy) is 1. The molecule has 0 saturated carbocycles. The molecule has 244 valence electrons. The van der Waals surface area contributed by atoms with Crippen molar-refractivity contribution in [1.82, 2.24) is 4.90 Å². The van der Waals surface area contributed by atoms with Crippen LogP contribution in [0.1, 0.15) is 118 Å². The lowest BCUT2D eigenvalue weighted by atomic mass is 9.68. The summed E-state index contributed by atoms with van der Waals surface area (Å²) in [5, 5.41) is 0. The summed E-state index contributed by atoms with van der Waals surface area (Å²) in [7, 11) is 0. The van der Waals surface area contributed by atoms with Gasteiger partial charge in [0.15, 0.2) is 0 Å². The van der Waals surface area contributed by atoms with E-state index in [1.54, 1.807) is 44.8 Å². The van der Waals surface area contributed by atoms with Gasteiger partial charge in [-0.05, 0) is 134 Å². The van der Waals surface area contributed by atoms with Gasteiger partial charge in [-0.3, -0.25) is 0 Å². The first-order valence-electron chi connectivity index (χ1n) is 19.2. The summed E-state index contributed by atoms with van der Waals surface area (Å²) in [6.07, 6.45) is 35.6. The summed E-state index contributed by atoms with van der Waals surface area (Å²) in [5.74, 6) is 4.22. The van der Waals surface area contributed by atoms with Crippen LogP contribution in [0.15, 0.2) is 120 Å². The summed E-state index contributed by atoms with van der Waals surface area (Å²) >= 11 is 0. The molecule has 0 aromatic heterocycles. The smallest absolute Gasteiger partial charge is 0.123 e. The molecule has 0 fully saturated rings. The molecule has 0 saturated heterocycles. The largest absolute Gasteiger partial charge is 0.489 e. The Balaban J connectivity index is 0.983. The van der Waals surface area contributed by atoms with Crippen LogP contribution in [0.4, 0.5) is 0 Å². The van der Waals surface area contributed by atoms with E-state index in [0.717, 1.165) is 31.4 Å². The maximum absolute atomic E-state index is 6.80. The molecular formula is C46H49NO. The van der Waals surface area contributed by atoms with Crippen molar-refractivity contribution >= 4 is 5.57 Å². The average molecular weight is 632 g/mol. The van der Waals surface area contributed by atoms with Crippen molar-refractivity contribution in [3.05, 3.63) is 142 Å². The molecular weight excluding hydrogens is 583 g/mol. The number of benzene rings is 2. The normalized spacial score (nSPS) is 34.4. The molecule has 0 spiro atoms. The van der Waals surface area contributed by atoms with E-state index in [4.69, 9.17) is 4.74 Å². The molecule has 0 radical (unpaired) electrons. The van der Waals surface area contributed by atoms with Crippen LogP contribution in [0.5, 0.6) is 5.75 Å². The van der Waals surface area contributed by atoms with E-state index in [1.807, 2.05) is 0 Å². The molecule has 6 aliphatic carbocycles. The molecule has 8 aliphatic rings. The molecule has 2 aliphatic heterocycles. The van der Waals surface area contributed by atoms with Crippen molar-refractivity contribution < 1.29 is 4.74 Å². The molecule has 10 rings (SSSR count). The Kier molecular flexibility index (Phi) is 7.10. The average Bonchev–Trinajstić information content (AvgIpc) is 3.66. The van der Waals surface area contributed by atoms with E-state index in [-0.39, 0.29) is 6.10 Å². The van der Waals surface area contributed by atoms with Gasteiger partial charge in [-0.25, -0.2) is 0 Å². The highest BCUT2D eigenvalue weighted by atomic mass is 16.5. The summed E-state index contributed by atoms with van der Waals surface area (Å²) in [6, 6.07) is 17.2. The Bertz CT molecular complexity index is 1860. The lowest BCUT2D eigenvalue weighted by molar-refractivity contribution is 0.0901. The minimum atomic E-state index is 0.241. The third kappa shape index (κ3) is 4.57. The van der Waals surface area contributed by atoms with Gasteiger partial charge in [-0.15, -0.1) is 0 Å². The van der Waals surface area contributed by atoms with Crippen molar-refractivity contribution in [2.45, 2.75) is 107 Å². The highest BCUT2D eigenvalue weighted by molar-refractivity contribution is 5.76. The maximum atomic E-state index is 6.80. The second-order valence-electron chi connectivity index (χ2n) is 15.9. The Hall–Kier alpha value is -3.78. The quantitative estimate of drug-likeness (QED) is 0.313. The predicted molar refractivity (Wildman–Crippen MR) is 197 cm³/mol. The van der Waals surface area contributed by atoms with Crippen LogP contribution in [-0.2, 0) is 0 Å². The third-order valence-electron chi connectivity index (χ3n) is 13.6. The van der Waals surface area contributed by atoms with Gasteiger partial charge in [0, 0.05) is 40.8 Å². The zero-order valence-corrected chi connectivity index (χ0v) is 28.5. The van der Waals surface area contributed by atoms with Gasteiger partial charge in [0.1, 0.15) is 11.9 Å². The van der Waals surface area contributed by atoms with Crippen LogP contribution >= 0.6 is 0 Å². The molecule has 0 amide bonds. The summed E-state index contributed by atoms with van der Waals surface area (Å²) < 4.78 is 6.80. The fraction of sp³-hybridized carbons (Fsp3) is 0.435. The first-order valence-corrected chi connectivity index (χ1v) is 19.2. The molecule has 2 heterocycles. The maximum Gasteiger partial charge on any atom is 0.123 e. The summed E-state index contributed by atoms with van der Waals surface area (Å²) in [5.41, 5.74) is 14.2. The zero-order valence-electron chi connectivity index (χ0n) is 28.5. The van der Waals surface area contributed by atoms with Gasteiger partial charge in [0.05, 0.1) is 0 Å². The molecule has 2 aromatic rings. The van der Waals surface area contributed by atoms with Gasteiger partial charge in [0.25, 0.3) is 0 Å². The fourth-order valence-corrected chi connectivity index (χ4v) is 11.2. The molecule has 2 nitrogen and oxygen atoms in total. The van der Waals surface area contributed by atoms with E-state index in [1.165, 1.54) is 50.5 Å². The van der Waals surface area contributed by atoms with Gasteiger partial charge >= 0.3 is 0 Å². The number of fused-ring (bicyclic) bond motifs is 7. The number of rotatable bonds is 3. The van der Waals surface area contributed by atoms with Crippen molar-refractivity contribution in [1.29, 1.82) is 0 Å². The second kappa shape index (κ2) is 11.7. The van der Waals surface area contributed by atoms with E-state index in [2.05, 4.69) is 109 Å². The van der Waals surface area contributed by atoms with Gasteiger partial charge < -0.3 is 9.64 Å². The predicted octanol–water partition coefficient (Wildman–Crippen LogP) is 11.4. The lowest BCUT2D eigenvalue weighted by Crippen LogP contribution is -2.37. The number of hydrogen-bond acceptors (Lipinski definition) is 2. The van der Waals surface area contributed by atoms with Crippen LogP contribution in [0.3, 0.4) is 0 Å². The van der Waals surface area contributed by atoms with Crippen molar-refractivity contribution in [2.24, 2.45) is 17.8 Å². The highest BCUT2D eigenvalue weighted by Crippen LogP contribution is 2.55. The van der Waals surface area contributed by atoms with Crippen LogP contribution in [0.2, 0.25) is 0 Å². The standard InChI is InChI=1S/C46H49NO/c1-29-34-24-22-30(31-23-25-44-42(27-31)36-16-7-9-20-43(36)47(44)33-13-3-2-4-14-33)26-41(34)35-15-6-5-12-32(35)28-40(29)39-19-11-18-38-37-17-8-10-21-45(37)48-46(38)39/h2-3,5,8-12,17-18,20-22,24-26,29,31,33,38-40,42,46H,4,6-7,13-16,19,23,27-28H2,1H3. The molecule has 0 N–H and O–H groups in total. The van der Waals surface area contributed by atoms with Gasteiger partial charge in [0.2, 0.25) is 0 Å². The summed E-state index contributed by atoms with van der Waals surface area (Å²) in [4.78, 5) is 2.79. The SMILES string of the molecule is CC1c2ccc(C3CC=C4C(C3)C3=C(C=CCC3)N4C3CC=CCC3)cc2C2=C(C=CCC2)CC1C1CC=CC2c3ccccc3OC21. The van der Waals surface area contributed by atoms with Gasteiger partial charge in [-0.1, -0.05) is 91.9 Å². The van der Waals surface area contributed by atoms with Crippen molar-refractivity contribution in [3.8, 4) is 5.75 Å². The zero-order chi connectivity index (χ0) is 31.8. The Morgan fingerprint density at radius 3 is 2.67 bits per heavy atom.